The molecule has 0 spiro atoms. The molecule has 0 atom stereocenters. The van der Waals surface area contributed by atoms with Gasteiger partial charge in [0, 0.05) is 5.41 Å². The van der Waals surface area contributed by atoms with Crippen molar-refractivity contribution in [1.29, 1.82) is 0 Å². The smallest absolute Gasteiger partial charge is 0.152 e. The van der Waals surface area contributed by atoms with Gasteiger partial charge in [-0.15, -0.1) is 0 Å². The Morgan fingerprint density at radius 2 is 1.86 bits per heavy atom. The molecule has 0 aromatic rings. The van der Waals surface area contributed by atoms with E-state index in [4.69, 9.17) is 0 Å². The fourth-order valence-electron chi connectivity index (χ4n) is 2.12. The summed E-state index contributed by atoms with van der Waals surface area (Å²) in [6, 6.07) is 0. The number of likely N-dealkylation sites (tertiary alicyclic amines) is 1. The van der Waals surface area contributed by atoms with E-state index in [1.807, 2.05) is 0 Å². The molecule has 1 fully saturated rings. The molecule has 0 amide bonds. The largest absolute Gasteiger partial charge is 0.298 e. The number of ketones is 1. The van der Waals surface area contributed by atoms with Crippen LogP contribution in [0.4, 0.5) is 0 Å². The third-order valence-electron chi connectivity index (χ3n) is 3.20. The lowest BCUT2D eigenvalue weighted by molar-refractivity contribution is -0.128. The van der Waals surface area contributed by atoms with E-state index in [1.54, 1.807) is 0 Å². The maximum absolute atomic E-state index is 12.0. The van der Waals surface area contributed by atoms with Crippen LogP contribution in [0.25, 0.3) is 0 Å². The zero-order chi connectivity index (χ0) is 10.6. The average molecular weight is 197 g/mol. The molecule has 0 N–H and O–H groups in total. The van der Waals surface area contributed by atoms with Crippen molar-refractivity contribution >= 4 is 5.78 Å². The fraction of sp³-hybridized carbons (Fsp3) is 0.917. The summed E-state index contributed by atoms with van der Waals surface area (Å²) in [5.74, 6) is 0.418. The number of hydrogen-bond donors (Lipinski definition) is 0. The van der Waals surface area contributed by atoms with Crippen LogP contribution in [0.5, 0.6) is 0 Å². The first kappa shape index (κ1) is 11.7. The number of carbonyl (C=O) groups is 1. The molecule has 1 saturated heterocycles. The van der Waals surface area contributed by atoms with E-state index in [2.05, 4.69) is 25.7 Å². The van der Waals surface area contributed by atoms with Crippen molar-refractivity contribution in [2.45, 2.75) is 46.5 Å². The van der Waals surface area contributed by atoms with Crippen LogP contribution in [-0.2, 0) is 4.79 Å². The summed E-state index contributed by atoms with van der Waals surface area (Å²) in [5.41, 5.74) is -0.114. The molecule has 1 aliphatic rings. The van der Waals surface area contributed by atoms with Crippen molar-refractivity contribution in [2.75, 3.05) is 19.6 Å². The molecule has 1 aliphatic heterocycles. The first-order valence-electron chi connectivity index (χ1n) is 5.82. The van der Waals surface area contributed by atoms with Gasteiger partial charge in [-0.3, -0.25) is 9.69 Å². The Labute approximate surface area is 87.7 Å². The Hall–Kier alpha value is -0.370. The molecule has 0 aliphatic carbocycles. The van der Waals surface area contributed by atoms with Gasteiger partial charge in [-0.05, 0) is 32.4 Å². The minimum absolute atomic E-state index is 0.114. The summed E-state index contributed by atoms with van der Waals surface area (Å²) in [4.78, 5) is 14.3. The Kier molecular flexibility index (Phi) is 4.11. The summed E-state index contributed by atoms with van der Waals surface area (Å²) < 4.78 is 0. The Morgan fingerprint density at radius 1 is 1.29 bits per heavy atom. The summed E-state index contributed by atoms with van der Waals surface area (Å²) in [7, 11) is 0. The van der Waals surface area contributed by atoms with Crippen molar-refractivity contribution in [3.05, 3.63) is 0 Å². The van der Waals surface area contributed by atoms with Gasteiger partial charge in [-0.1, -0.05) is 27.2 Å². The molecular weight excluding hydrogens is 174 g/mol. The van der Waals surface area contributed by atoms with Crippen molar-refractivity contribution in [3.8, 4) is 0 Å². The normalized spacial score (nSPS) is 18.8. The predicted octanol–water partition coefficient (Wildman–Crippen LogP) is 2.48. The van der Waals surface area contributed by atoms with E-state index in [0.29, 0.717) is 12.3 Å². The van der Waals surface area contributed by atoms with Crippen molar-refractivity contribution in [1.82, 2.24) is 4.90 Å². The highest BCUT2D eigenvalue weighted by molar-refractivity contribution is 5.85. The Morgan fingerprint density at radius 3 is 2.36 bits per heavy atom. The molecular formula is C12H23NO. The average Bonchev–Trinajstić information content (AvgIpc) is 2.56. The maximum atomic E-state index is 12.0. The molecule has 82 valence electrons. The SMILES string of the molecule is CCCC(C)(C)C(=O)CN1CCCC1. The number of nitrogens with zero attached hydrogens (tertiary/aromatic N) is 1. The summed E-state index contributed by atoms with van der Waals surface area (Å²) >= 11 is 0. The van der Waals surface area contributed by atoms with Gasteiger partial charge in [0.05, 0.1) is 6.54 Å². The highest BCUT2D eigenvalue weighted by Gasteiger charge is 2.28. The van der Waals surface area contributed by atoms with Crippen molar-refractivity contribution < 1.29 is 4.79 Å². The molecule has 2 nitrogen and oxygen atoms in total. The van der Waals surface area contributed by atoms with Gasteiger partial charge in [0.2, 0.25) is 0 Å². The van der Waals surface area contributed by atoms with E-state index in [9.17, 15) is 4.79 Å². The number of Topliss-reactive ketones (excluding diaryl/α,β-unsaturated/α-hetero) is 1. The van der Waals surface area contributed by atoms with E-state index in [0.717, 1.165) is 25.9 Å². The standard InChI is InChI=1S/C12H23NO/c1-4-7-12(2,3)11(14)10-13-8-5-6-9-13/h4-10H2,1-3H3. The lowest BCUT2D eigenvalue weighted by Gasteiger charge is -2.25. The van der Waals surface area contributed by atoms with E-state index >= 15 is 0 Å². The quantitative estimate of drug-likeness (QED) is 0.675. The highest BCUT2D eigenvalue weighted by atomic mass is 16.1. The van der Waals surface area contributed by atoms with Gasteiger partial charge < -0.3 is 0 Å². The van der Waals surface area contributed by atoms with Gasteiger partial charge in [-0.25, -0.2) is 0 Å². The topological polar surface area (TPSA) is 20.3 Å². The van der Waals surface area contributed by atoms with Crippen LogP contribution in [-0.4, -0.2) is 30.3 Å². The Balaban J connectivity index is 2.39. The van der Waals surface area contributed by atoms with Crippen LogP contribution in [0.1, 0.15) is 46.5 Å². The van der Waals surface area contributed by atoms with E-state index in [1.165, 1.54) is 12.8 Å². The Bertz CT molecular complexity index is 192. The summed E-state index contributed by atoms with van der Waals surface area (Å²) in [6.45, 7) is 9.21. The predicted molar refractivity (Wildman–Crippen MR) is 59.4 cm³/mol. The maximum Gasteiger partial charge on any atom is 0.152 e. The van der Waals surface area contributed by atoms with Gasteiger partial charge in [0.25, 0.3) is 0 Å². The van der Waals surface area contributed by atoms with Gasteiger partial charge >= 0.3 is 0 Å². The van der Waals surface area contributed by atoms with Gasteiger partial charge in [0.15, 0.2) is 5.78 Å². The molecule has 1 rings (SSSR count). The van der Waals surface area contributed by atoms with Crippen LogP contribution in [0.2, 0.25) is 0 Å². The monoisotopic (exact) mass is 197 g/mol. The molecule has 0 bridgehead atoms. The summed E-state index contributed by atoms with van der Waals surface area (Å²) in [6.07, 6.45) is 4.64. The van der Waals surface area contributed by atoms with E-state index < -0.39 is 0 Å². The number of carbonyl (C=O) groups excluding carboxylic acids is 1. The molecule has 0 aromatic carbocycles. The van der Waals surface area contributed by atoms with E-state index in [-0.39, 0.29) is 5.41 Å². The van der Waals surface area contributed by atoms with Crippen molar-refractivity contribution in [2.24, 2.45) is 5.41 Å². The van der Waals surface area contributed by atoms with Gasteiger partial charge in [-0.2, -0.15) is 0 Å². The second kappa shape index (κ2) is 4.92. The van der Waals surface area contributed by atoms with Crippen LogP contribution in [0.3, 0.4) is 0 Å². The zero-order valence-electron chi connectivity index (χ0n) is 9.81. The van der Waals surface area contributed by atoms with Gasteiger partial charge in [0.1, 0.15) is 0 Å². The van der Waals surface area contributed by atoms with Crippen LogP contribution >= 0.6 is 0 Å². The molecule has 2 heteroatoms. The van der Waals surface area contributed by atoms with Crippen LogP contribution in [0.15, 0.2) is 0 Å². The lowest BCUT2D eigenvalue weighted by atomic mass is 9.83. The molecule has 0 unspecified atom stereocenters. The first-order chi connectivity index (χ1) is 6.56. The first-order valence-corrected chi connectivity index (χ1v) is 5.82. The minimum Gasteiger partial charge on any atom is -0.298 e. The number of rotatable bonds is 5. The minimum atomic E-state index is -0.114. The molecule has 0 radical (unpaired) electrons. The van der Waals surface area contributed by atoms with Crippen LogP contribution in [0, 0.1) is 5.41 Å². The van der Waals surface area contributed by atoms with Crippen molar-refractivity contribution in [3.63, 3.8) is 0 Å². The lowest BCUT2D eigenvalue weighted by Crippen LogP contribution is -2.35. The molecule has 14 heavy (non-hydrogen) atoms. The molecule has 0 aromatic heterocycles. The molecule has 0 saturated carbocycles. The molecule has 1 heterocycles. The second-order valence-electron chi connectivity index (χ2n) is 5.04. The third kappa shape index (κ3) is 3.09. The fourth-order valence-corrected chi connectivity index (χ4v) is 2.12. The third-order valence-corrected chi connectivity index (χ3v) is 3.20. The number of hydrogen-bond acceptors (Lipinski definition) is 2. The summed E-state index contributed by atoms with van der Waals surface area (Å²) in [5, 5.41) is 0. The highest BCUT2D eigenvalue weighted by Crippen LogP contribution is 2.24. The second-order valence-corrected chi connectivity index (χ2v) is 5.04. The zero-order valence-corrected chi connectivity index (χ0v) is 9.81. The van der Waals surface area contributed by atoms with Crippen LogP contribution < -0.4 is 0 Å².